The number of hydrogen-bond donors (Lipinski definition) is 1. The second-order valence-corrected chi connectivity index (χ2v) is 10.5. The third kappa shape index (κ3) is 4.79. The number of hydrogen-bond acceptors (Lipinski definition) is 5. The number of nitrogens with one attached hydrogen (secondary N) is 1. The topological polar surface area (TPSA) is 69.7 Å². The van der Waals surface area contributed by atoms with E-state index in [1.807, 2.05) is 6.92 Å². The van der Waals surface area contributed by atoms with Crippen LogP contribution in [0.2, 0.25) is 0 Å². The van der Waals surface area contributed by atoms with Gasteiger partial charge in [0, 0.05) is 38.8 Å². The van der Waals surface area contributed by atoms with Gasteiger partial charge >= 0.3 is 0 Å². The van der Waals surface area contributed by atoms with Crippen molar-refractivity contribution >= 4 is 26.5 Å². The SMILES string of the molecule is C[C@@H](C(=O)N[C@H]1CCS(=O)(=O)C1)N1CCN(Cc2cccc3ccccc23)CC1. The maximum absolute atomic E-state index is 12.6. The summed E-state index contributed by atoms with van der Waals surface area (Å²) in [5.74, 6) is 0.193. The summed E-state index contributed by atoms with van der Waals surface area (Å²) in [6.45, 7) is 6.33. The Morgan fingerprint density at radius 3 is 2.55 bits per heavy atom. The molecule has 2 aliphatic rings. The van der Waals surface area contributed by atoms with Gasteiger partial charge < -0.3 is 5.32 Å². The maximum Gasteiger partial charge on any atom is 0.237 e. The van der Waals surface area contributed by atoms with Gasteiger partial charge in [0.1, 0.15) is 0 Å². The zero-order chi connectivity index (χ0) is 20.4. The smallest absolute Gasteiger partial charge is 0.237 e. The molecule has 1 amide bonds. The summed E-state index contributed by atoms with van der Waals surface area (Å²) < 4.78 is 23.2. The van der Waals surface area contributed by atoms with Crippen LogP contribution in [0.4, 0.5) is 0 Å². The van der Waals surface area contributed by atoms with E-state index < -0.39 is 9.84 Å². The van der Waals surface area contributed by atoms with Crippen LogP contribution in [-0.4, -0.2) is 73.9 Å². The maximum atomic E-state index is 12.6. The van der Waals surface area contributed by atoms with Gasteiger partial charge in [0.15, 0.2) is 9.84 Å². The molecule has 2 aliphatic heterocycles. The largest absolute Gasteiger partial charge is 0.351 e. The van der Waals surface area contributed by atoms with Crippen LogP contribution in [0.25, 0.3) is 10.8 Å². The Bertz CT molecular complexity index is 978. The Hall–Kier alpha value is -1.96. The first-order valence-electron chi connectivity index (χ1n) is 10.4. The van der Waals surface area contributed by atoms with Crippen molar-refractivity contribution in [1.82, 2.24) is 15.1 Å². The highest BCUT2D eigenvalue weighted by atomic mass is 32.2. The van der Waals surface area contributed by atoms with Gasteiger partial charge in [-0.25, -0.2) is 8.42 Å². The summed E-state index contributed by atoms with van der Waals surface area (Å²) in [5.41, 5.74) is 1.34. The molecule has 156 valence electrons. The monoisotopic (exact) mass is 415 g/mol. The highest BCUT2D eigenvalue weighted by molar-refractivity contribution is 7.91. The van der Waals surface area contributed by atoms with Crippen LogP contribution in [0.1, 0.15) is 18.9 Å². The van der Waals surface area contributed by atoms with Crippen LogP contribution in [0.15, 0.2) is 42.5 Å². The molecule has 0 saturated carbocycles. The second kappa shape index (κ2) is 8.42. The fraction of sp³-hybridized carbons (Fsp3) is 0.500. The van der Waals surface area contributed by atoms with Crippen molar-refractivity contribution in [3.05, 3.63) is 48.0 Å². The summed E-state index contributed by atoms with van der Waals surface area (Å²) in [7, 11) is -2.98. The van der Waals surface area contributed by atoms with Gasteiger partial charge in [-0.05, 0) is 29.7 Å². The highest BCUT2D eigenvalue weighted by Gasteiger charge is 2.32. The minimum absolute atomic E-state index is 0.0606. The predicted molar refractivity (Wildman–Crippen MR) is 115 cm³/mol. The molecule has 2 saturated heterocycles. The number of amides is 1. The van der Waals surface area contributed by atoms with Gasteiger partial charge in [-0.1, -0.05) is 42.5 Å². The van der Waals surface area contributed by atoms with Crippen molar-refractivity contribution in [2.75, 3.05) is 37.7 Å². The summed E-state index contributed by atoms with van der Waals surface area (Å²) in [4.78, 5) is 17.2. The summed E-state index contributed by atoms with van der Waals surface area (Å²) in [6.07, 6.45) is 0.527. The molecule has 0 unspecified atom stereocenters. The summed E-state index contributed by atoms with van der Waals surface area (Å²) in [6, 6.07) is 14.5. The summed E-state index contributed by atoms with van der Waals surface area (Å²) in [5, 5.41) is 5.50. The molecule has 2 atom stereocenters. The molecule has 4 rings (SSSR count). The van der Waals surface area contributed by atoms with Crippen LogP contribution in [-0.2, 0) is 21.2 Å². The Kier molecular flexibility index (Phi) is 5.90. The number of benzene rings is 2. The molecule has 2 heterocycles. The van der Waals surface area contributed by atoms with Crippen molar-refractivity contribution < 1.29 is 13.2 Å². The number of piperazine rings is 1. The van der Waals surface area contributed by atoms with E-state index in [0.29, 0.717) is 6.42 Å². The molecule has 2 fully saturated rings. The van der Waals surface area contributed by atoms with E-state index in [1.54, 1.807) is 0 Å². The molecule has 7 heteroatoms. The predicted octanol–water partition coefficient (Wildman–Crippen LogP) is 1.65. The molecule has 0 radical (unpaired) electrons. The Labute approximate surface area is 172 Å². The average Bonchev–Trinajstić information content (AvgIpc) is 3.06. The first-order valence-corrected chi connectivity index (χ1v) is 12.2. The Balaban J connectivity index is 1.30. The van der Waals surface area contributed by atoms with Gasteiger partial charge in [0.2, 0.25) is 5.91 Å². The quantitative estimate of drug-likeness (QED) is 0.804. The normalized spacial score (nSPS) is 23.8. The van der Waals surface area contributed by atoms with Gasteiger partial charge in [0.25, 0.3) is 0 Å². The van der Waals surface area contributed by atoms with Gasteiger partial charge in [0.05, 0.1) is 17.5 Å². The molecule has 29 heavy (non-hydrogen) atoms. The van der Waals surface area contributed by atoms with E-state index >= 15 is 0 Å². The third-order valence-corrected chi connectivity index (χ3v) is 7.95. The van der Waals surface area contributed by atoms with Crippen LogP contribution in [0.5, 0.6) is 0 Å². The molecular formula is C22H29N3O3S. The summed E-state index contributed by atoms with van der Waals surface area (Å²) >= 11 is 0. The van der Waals surface area contributed by atoms with Crippen molar-refractivity contribution in [1.29, 1.82) is 0 Å². The fourth-order valence-electron chi connectivity index (χ4n) is 4.38. The van der Waals surface area contributed by atoms with E-state index in [1.165, 1.54) is 16.3 Å². The van der Waals surface area contributed by atoms with Crippen LogP contribution >= 0.6 is 0 Å². The van der Waals surface area contributed by atoms with E-state index in [-0.39, 0.29) is 29.5 Å². The number of sulfone groups is 1. The first-order chi connectivity index (χ1) is 13.9. The van der Waals surface area contributed by atoms with E-state index in [0.717, 1.165) is 32.7 Å². The lowest BCUT2D eigenvalue weighted by Crippen LogP contribution is -2.54. The van der Waals surface area contributed by atoms with Crippen molar-refractivity contribution in [3.8, 4) is 0 Å². The molecule has 1 N–H and O–H groups in total. The molecule has 2 aromatic rings. The number of fused-ring (bicyclic) bond motifs is 1. The lowest BCUT2D eigenvalue weighted by atomic mass is 10.0. The molecule has 0 spiro atoms. The molecule has 0 bridgehead atoms. The van der Waals surface area contributed by atoms with Crippen molar-refractivity contribution in [2.24, 2.45) is 0 Å². The van der Waals surface area contributed by atoms with Gasteiger partial charge in [-0.3, -0.25) is 14.6 Å². The lowest BCUT2D eigenvalue weighted by molar-refractivity contribution is -0.127. The Morgan fingerprint density at radius 2 is 1.83 bits per heavy atom. The zero-order valence-corrected chi connectivity index (χ0v) is 17.7. The zero-order valence-electron chi connectivity index (χ0n) is 16.9. The van der Waals surface area contributed by atoms with Gasteiger partial charge in [-0.2, -0.15) is 0 Å². The molecule has 0 aliphatic carbocycles. The van der Waals surface area contributed by atoms with Crippen LogP contribution in [0, 0.1) is 0 Å². The van der Waals surface area contributed by atoms with E-state index in [2.05, 4.69) is 57.6 Å². The third-order valence-electron chi connectivity index (χ3n) is 6.19. The molecular weight excluding hydrogens is 386 g/mol. The lowest BCUT2D eigenvalue weighted by Gasteiger charge is -2.37. The molecule has 6 nitrogen and oxygen atoms in total. The Morgan fingerprint density at radius 1 is 1.10 bits per heavy atom. The van der Waals surface area contributed by atoms with Crippen molar-refractivity contribution in [2.45, 2.75) is 32.0 Å². The second-order valence-electron chi connectivity index (χ2n) is 8.23. The fourth-order valence-corrected chi connectivity index (χ4v) is 6.05. The number of rotatable bonds is 5. The van der Waals surface area contributed by atoms with Crippen LogP contribution in [0.3, 0.4) is 0 Å². The number of nitrogens with zero attached hydrogens (tertiary/aromatic N) is 2. The molecule has 0 aromatic heterocycles. The number of carbonyl (C=O) groups is 1. The minimum Gasteiger partial charge on any atom is -0.351 e. The van der Waals surface area contributed by atoms with E-state index in [9.17, 15) is 13.2 Å². The molecule has 2 aromatic carbocycles. The van der Waals surface area contributed by atoms with Gasteiger partial charge in [-0.15, -0.1) is 0 Å². The van der Waals surface area contributed by atoms with Crippen molar-refractivity contribution in [3.63, 3.8) is 0 Å². The highest BCUT2D eigenvalue weighted by Crippen LogP contribution is 2.21. The standard InChI is InChI=1S/C22H29N3O3S/c1-17(22(26)23-20-9-14-29(27,28)16-20)25-12-10-24(11-13-25)15-19-7-4-6-18-5-2-3-8-21(18)19/h2-8,17,20H,9-16H2,1H3,(H,23,26)/t17-,20-/m0/s1. The van der Waals surface area contributed by atoms with E-state index in [4.69, 9.17) is 0 Å². The first kappa shape index (κ1) is 20.3. The minimum atomic E-state index is -2.98. The average molecular weight is 416 g/mol. The number of carbonyl (C=O) groups excluding carboxylic acids is 1. The van der Waals surface area contributed by atoms with Crippen LogP contribution < -0.4 is 5.32 Å².